The van der Waals surface area contributed by atoms with Crippen molar-refractivity contribution in [2.75, 3.05) is 53.5 Å². The molecule has 160 valence electrons. The number of likely N-dealkylation sites (N-methyl/N-ethyl adjacent to an activating group) is 1. The van der Waals surface area contributed by atoms with Crippen LogP contribution in [0.15, 0.2) is 35.3 Å². The van der Waals surface area contributed by atoms with E-state index in [1.807, 2.05) is 13.0 Å². The summed E-state index contributed by atoms with van der Waals surface area (Å²) in [5.74, 6) is 0.551. The fraction of sp³-hybridized carbons (Fsp3) is 0.636. The third kappa shape index (κ3) is 5.93. The summed E-state index contributed by atoms with van der Waals surface area (Å²) < 4.78 is 11.8. The van der Waals surface area contributed by atoms with E-state index in [0.717, 1.165) is 44.9 Å². The maximum absolute atomic E-state index is 12.1. The molecule has 2 aliphatic rings. The number of nitrogens with zero attached hydrogens (tertiary/aromatic N) is 3. The summed E-state index contributed by atoms with van der Waals surface area (Å²) in [4.78, 5) is 20.5. The van der Waals surface area contributed by atoms with Crippen LogP contribution in [0.2, 0.25) is 0 Å². The highest BCUT2D eigenvalue weighted by Crippen LogP contribution is 2.34. The Morgan fingerprint density at radius 1 is 1.28 bits per heavy atom. The number of ether oxygens (including phenoxy) is 2. The summed E-state index contributed by atoms with van der Waals surface area (Å²) in [7, 11) is 3.51. The smallest absolute Gasteiger partial charge is 0.243 e. The molecule has 2 heterocycles. The fourth-order valence-corrected chi connectivity index (χ4v) is 3.88. The molecular formula is C22H34N4O3. The molecular weight excluding hydrogens is 368 g/mol. The molecule has 0 radical (unpaired) electrons. The van der Waals surface area contributed by atoms with Crippen molar-refractivity contribution in [3.8, 4) is 0 Å². The lowest BCUT2D eigenvalue weighted by atomic mass is 9.90. The Bertz CT molecular complexity index is 687. The number of piperidine rings is 1. The molecule has 1 unspecified atom stereocenters. The standard InChI is InChI=1S/C22H34N4O3/c1-22(28-14-15-29-22)19-10-7-13-26(17-19)21(24-16-20(27)25(2)3)23-12-11-18-8-5-4-6-9-18/h4-6,8-9,19H,7,10-17H2,1-3H3,(H,23,24). The summed E-state index contributed by atoms with van der Waals surface area (Å²) in [5.41, 5.74) is 1.28. The van der Waals surface area contributed by atoms with E-state index in [4.69, 9.17) is 9.47 Å². The molecule has 1 aromatic carbocycles. The molecule has 1 amide bonds. The van der Waals surface area contributed by atoms with Crippen molar-refractivity contribution < 1.29 is 14.3 Å². The summed E-state index contributed by atoms with van der Waals surface area (Å²) in [5, 5.41) is 3.48. The minimum atomic E-state index is -0.521. The molecule has 0 bridgehead atoms. The van der Waals surface area contributed by atoms with Crippen molar-refractivity contribution in [3.63, 3.8) is 0 Å². The fourth-order valence-electron chi connectivity index (χ4n) is 3.88. The molecule has 7 nitrogen and oxygen atoms in total. The van der Waals surface area contributed by atoms with Crippen LogP contribution in [0.1, 0.15) is 25.3 Å². The zero-order valence-electron chi connectivity index (χ0n) is 17.9. The number of amides is 1. The number of rotatable bonds is 6. The Kier molecular flexibility index (Phi) is 7.50. The van der Waals surface area contributed by atoms with Crippen LogP contribution in [0.25, 0.3) is 0 Å². The van der Waals surface area contributed by atoms with E-state index in [9.17, 15) is 4.79 Å². The third-order valence-electron chi connectivity index (χ3n) is 5.73. The highest BCUT2D eigenvalue weighted by Gasteiger charge is 2.42. The summed E-state index contributed by atoms with van der Waals surface area (Å²) >= 11 is 0. The topological polar surface area (TPSA) is 66.4 Å². The number of hydrogen-bond donors (Lipinski definition) is 1. The number of carbonyl (C=O) groups excluding carboxylic acids is 1. The Morgan fingerprint density at radius 3 is 2.69 bits per heavy atom. The van der Waals surface area contributed by atoms with Gasteiger partial charge in [-0.15, -0.1) is 0 Å². The van der Waals surface area contributed by atoms with Crippen LogP contribution in [0.3, 0.4) is 0 Å². The van der Waals surface area contributed by atoms with Gasteiger partial charge in [0.25, 0.3) is 0 Å². The SMILES string of the molecule is CN(C)C(=O)CN=C(NCCc1ccccc1)N1CCCC(C2(C)OCCO2)C1. The maximum Gasteiger partial charge on any atom is 0.243 e. The van der Waals surface area contributed by atoms with Crippen LogP contribution in [0.5, 0.6) is 0 Å². The van der Waals surface area contributed by atoms with Gasteiger partial charge in [-0.2, -0.15) is 0 Å². The molecule has 3 rings (SSSR count). The first-order chi connectivity index (χ1) is 14.0. The number of benzene rings is 1. The van der Waals surface area contributed by atoms with Crippen LogP contribution in [0, 0.1) is 5.92 Å². The summed E-state index contributed by atoms with van der Waals surface area (Å²) in [6.45, 7) is 5.99. The van der Waals surface area contributed by atoms with Gasteiger partial charge in [-0.05, 0) is 31.7 Å². The van der Waals surface area contributed by atoms with Crippen LogP contribution in [-0.2, 0) is 20.7 Å². The van der Waals surface area contributed by atoms with Crippen molar-refractivity contribution in [2.45, 2.75) is 32.0 Å². The molecule has 2 aliphatic heterocycles. The second-order valence-corrected chi connectivity index (χ2v) is 8.09. The van der Waals surface area contributed by atoms with Gasteiger partial charge in [-0.25, -0.2) is 4.99 Å². The zero-order valence-corrected chi connectivity index (χ0v) is 17.9. The quantitative estimate of drug-likeness (QED) is 0.580. The Labute approximate surface area is 174 Å². The lowest BCUT2D eigenvalue weighted by Gasteiger charge is -2.41. The molecule has 0 aliphatic carbocycles. The molecule has 0 spiro atoms. The highest BCUT2D eigenvalue weighted by atomic mass is 16.7. The van der Waals surface area contributed by atoms with E-state index in [-0.39, 0.29) is 18.4 Å². The Morgan fingerprint density at radius 2 is 2.00 bits per heavy atom. The first-order valence-corrected chi connectivity index (χ1v) is 10.5. The van der Waals surface area contributed by atoms with Gasteiger partial charge in [0.15, 0.2) is 11.7 Å². The number of nitrogens with one attached hydrogen (secondary N) is 1. The number of carbonyl (C=O) groups is 1. The zero-order chi connectivity index (χ0) is 20.7. The van der Waals surface area contributed by atoms with E-state index in [1.165, 1.54) is 5.56 Å². The Hall–Kier alpha value is -2.12. The highest BCUT2D eigenvalue weighted by molar-refractivity contribution is 5.85. The molecule has 2 saturated heterocycles. The lowest BCUT2D eigenvalue weighted by Crippen LogP contribution is -2.52. The minimum absolute atomic E-state index is 0.00431. The minimum Gasteiger partial charge on any atom is -0.356 e. The third-order valence-corrected chi connectivity index (χ3v) is 5.73. The first kappa shape index (κ1) is 21.6. The lowest BCUT2D eigenvalue weighted by molar-refractivity contribution is -0.189. The summed E-state index contributed by atoms with van der Waals surface area (Å²) in [6.07, 6.45) is 3.03. The number of guanidine groups is 1. The molecule has 1 N–H and O–H groups in total. The van der Waals surface area contributed by atoms with E-state index in [0.29, 0.717) is 13.2 Å². The van der Waals surface area contributed by atoms with Gasteiger partial charge in [-0.3, -0.25) is 4.79 Å². The Balaban J connectivity index is 1.65. The largest absolute Gasteiger partial charge is 0.356 e. The molecule has 0 saturated carbocycles. The summed E-state index contributed by atoms with van der Waals surface area (Å²) in [6, 6.07) is 10.4. The van der Waals surface area contributed by atoms with Gasteiger partial charge >= 0.3 is 0 Å². The van der Waals surface area contributed by atoms with E-state index in [1.54, 1.807) is 19.0 Å². The van der Waals surface area contributed by atoms with Crippen LogP contribution < -0.4 is 5.32 Å². The van der Waals surface area contributed by atoms with Crippen molar-refractivity contribution in [1.82, 2.24) is 15.1 Å². The number of aliphatic imine (C=N–C) groups is 1. The molecule has 1 atom stereocenters. The van der Waals surface area contributed by atoms with E-state index >= 15 is 0 Å². The van der Waals surface area contributed by atoms with Gasteiger partial charge in [-0.1, -0.05) is 30.3 Å². The average Bonchev–Trinajstić information content (AvgIpc) is 3.19. The van der Waals surface area contributed by atoms with Crippen LogP contribution in [0.4, 0.5) is 0 Å². The number of hydrogen-bond acceptors (Lipinski definition) is 4. The van der Waals surface area contributed by atoms with Gasteiger partial charge in [0.1, 0.15) is 6.54 Å². The second kappa shape index (κ2) is 10.1. The van der Waals surface area contributed by atoms with Crippen molar-refractivity contribution >= 4 is 11.9 Å². The molecule has 2 fully saturated rings. The molecule has 29 heavy (non-hydrogen) atoms. The van der Waals surface area contributed by atoms with Gasteiger partial charge < -0.3 is 24.6 Å². The number of likely N-dealkylation sites (tertiary alicyclic amines) is 1. The maximum atomic E-state index is 12.1. The average molecular weight is 403 g/mol. The van der Waals surface area contributed by atoms with Gasteiger partial charge in [0.2, 0.25) is 5.91 Å². The second-order valence-electron chi connectivity index (χ2n) is 8.09. The van der Waals surface area contributed by atoms with Crippen LogP contribution >= 0.6 is 0 Å². The molecule has 1 aromatic rings. The van der Waals surface area contributed by atoms with Crippen molar-refractivity contribution in [1.29, 1.82) is 0 Å². The predicted octanol–water partition coefficient (Wildman–Crippen LogP) is 1.74. The van der Waals surface area contributed by atoms with Crippen LogP contribution in [-0.4, -0.2) is 80.9 Å². The van der Waals surface area contributed by atoms with E-state index < -0.39 is 5.79 Å². The van der Waals surface area contributed by atoms with E-state index in [2.05, 4.69) is 39.5 Å². The molecule has 7 heteroatoms. The monoisotopic (exact) mass is 402 g/mol. The van der Waals surface area contributed by atoms with Gasteiger partial charge in [0.05, 0.1) is 13.2 Å². The normalized spacial score (nSPS) is 21.8. The predicted molar refractivity (Wildman–Crippen MR) is 114 cm³/mol. The molecule has 0 aromatic heterocycles. The first-order valence-electron chi connectivity index (χ1n) is 10.5. The van der Waals surface area contributed by atoms with Crippen molar-refractivity contribution in [3.05, 3.63) is 35.9 Å². The van der Waals surface area contributed by atoms with Crippen molar-refractivity contribution in [2.24, 2.45) is 10.9 Å². The van der Waals surface area contributed by atoms with Gasteiger partial charge in [0, 0.05) is 39.6 Å².